The number of amides is 2. The van der Waals surface area contributed by atoms with E-state index in [9.17, 15) is 9.59 Å². The van der Waals surface area contributed by atoms with Crippen LogP contribution in [0.2, 0.25) is 0 Å². The number of nitrogens with two attached hydrogens (primary N) is 1. The number of carbonyl (C=O) groups excluding carboxylic acids is 2. The Labute approximate surface area is 150 Å². The molecular formula is C17H21N3O2S2. The standard InChI is InChI=1S/C17H21N3O2S2/c1-17(2,18)11-19-16(22)12-5-7-13(8-6-12)20-14(21)10-24-15-4-3-9-23-15/h3-9H,10-11,18H2,1-2H3,(H,19,22)(H,20,21). The van der Waals surface area contributed by atoms with Crippen molar-refractivity contribution < 1.29 is 9.59 Å². The molecule has 24 heavy (non-hydrogen) atoms. The Kier molecular flexibility index (Phi) is 6.42. The molecule has 2 aromatic rings. The van der Waals surface area contributed by atoms with Crippen LogP contribution in [-0.2, 0) is 4.79 Å². The topological polar surface area (TPSA) is 84.2 Å². The molecule has 0 saturated carbocycles. The van der Waals surface area contributed by atoms with Crippen LogP contribution in [-0.4, -0.2) is 29.7 Å². The van der Waals surface area contributed by atoms with Crippen molar-refractivity contribution in [2.24, 2.45) is 5.73 Å². The van der Waals surface area contributed by atoms with Gasteiger partial charge in [0.1, 0.15) is 0 Å². The SMILES string of the molecule is CC(C)(N)CNC(=O)c1ccc(NC(=O)CSc2cccs2)cc1. The maximum absolute atomic E-state index is 12.0. The smallest absolute Gasteiger partial charge is 0.251 e. The van der Waals surface area contributed by atoms with Crippen LogP contribution < -0.4 is 16.4 Å². The van der Waals surface area contributed by atoms with Crippen molar-refractivity contribution in [2.75, 3.05) is 17.6 Å². The monoisotopic (exact) mass is 363 g/mol. The molecule has 2 rings (SSSR count). The fraction of sp³-hybridized carbons (Fsp3) is 0.294. The lowest BCUT2D eigenvalue weighted by molar-refractivity contribution is -0.113. The maximum atomic E-state index is 12.0. The number of thiophene rings is 1. The summed E-state index contributed by atoms with van der Waals surface area (Å²) in [4.78, 5) is 23.9. The predicted octanol–water partition coefficient (Wildman–Crippen LogP) is 2.95. The highest BCUT2D eigenvalue weighted by Gasteiger charge is 2.13. The lowest BCUT2D eigenvalue weighted by Gasteiger charge is -2.18. The quantitative estimate of drug-likeness (QED) is 0.660. The highest BCUT2D eigenvalue weighted by molar-refractivity contribution is 8.01. The first-order valence-corrected chi connectivity index (χ1v) is 9.33. The van der Waals surface area contributed by atoms with Crippen molar-refractivity contribution in [3.05, 3.63) is 47.3 Å². The summed E-state index contributed by atoms with van der Waals surface area (Å²) in [5, 5.41) is 7.58. The third kappa shape index (κ3) is 6.35. The fourth-order valence-corrected chi connectivity index (χ4v) is 3.38. The van der Waals surface area contributed by atoms with Gasteiger partial charge in [-0.3, -0.25) is 9.59 Å². The minimum absolute atomic E-state index is 0.0736. The molecule has 0 bridgehead atoms. The van der Waals surface area contributed by atoms with Crippen molar-refractivity contribution >= 4 is 40.6 Å². The average Bonchev–Trinajstić information content (AvgIpc) is 3.04. The summed E-state index contributed by atoms with van der Waals surface area (Å²) in [5.74, 6) is 0.101. The van der Waals surface area contributed by atoms with E-state index < -0.39 is 5.54 Å². The van der Waals surface area contributed by atoms with E-state index in [2.05, 4.69) is 10.6 Å². The minimum atomic E-state index is -0.455. The van der Waals surface area contributed by atoms with E-state index in [0.717, 1.165) is 4.21 Å². The Balaban J connectivity index is 1.82. The van der Waals surface area contributed by atoms with Crippen molar-refractivity contribution in [3.63, 3.8) is 0 Å². The number of carbonyl (C=O) groups is 2. The Bertz CT molecular complexity index is 677. The lowest BCUT2D eigenvalue weighted by atomic mass is 10.1. The van der Waals surface area contributed by atoms with E-state index in [0.29, 0.717) is 23.5 Å². The fourth-order valence-electron chi connectivity index (χ4n) is 1.79. The molecule has 128 valence electrons. The van der Waals surface area contributed by atoms with Crippen LogP contribution >= 0.6 is 23.1 Å². The van der Waals surface area contributed by atoms with Gasteiger partial charge >= 0.3 is 0 Å². The third-order valence-electron chi connectivity index (χ3n) is 2.98. The van der Waals surface area contributed by atoms with Crippen LogP contribution in [0.4, 0.5) is 5.69 Å². The van der Waals surface area contributed by atoms with E-state index in [1.54, 1.807) is 35.6 Å². The van der Waals surface area contributed by atoms with Gasteiger partial charge in [-0.15, -0.1) is 23.1 Å². The molecule has 1 heterocycles. The zero-order chi connectivity index (χ0) is 17.6. The average molecular weight is 364 g/mol. The van der Waals surface area contributed by atoms with E-state index >= 15 is 0 Å². The molecule has 0 atom stereocenters. The van der Waals surface area contributed by atoms with Gasteiger partial charge in [0, 0.05) is 23.3 Å². The number of thioether (sulfide) groups is 1. The lowest BCUT2D eigenvalue weighted by Crippen LogP contribution is -2.45. The van der Waals surface area contributed by atoms with Gasteiger partial charge in [0.15, 0.2) is 0 Å². The summed E-state index contributed by atoms with van der Waals surface area (Å²) in [6, 6.07) is 10.7. The molecule has 0 radical (unpaired) electrons. The van der Waals surface area contributed by atoms with Crippen LogP contribution in [0.15, 0.2) is 46.0 Å². The first-order valence-electron chi connectivity index (χ1n) is 7.47. The minimum Gasteiger partial charge on any atom is -0.350 e. The van der Waals surface area contributed by atoms with Gasteiger partial charge in [0.05, 0.1) is 9.96 Å². The van der Waals surface area contributed by atoms with Crippen LogP contribution in [0.5, 0.6) is 0 Å². The Morgan fingerprint density at radius 1 is 1.21 bits per heavy atom. The molecule has 4 N–H and O–H groups in total. The molecule has 0 aliphatic heterocycles. The molecule has 5 nitrogen and oxygen atoms in total. The largest absolute Gasteiger partial charge is 0.350 e. The zero-order valence-electron chi connectivity index (χ0n) is 13.7. The van der Waals surface area contributed by atoms with E-state index in [1.165, 1.54) is 11.8 Å². The summed E-state index contributed by atoms with van der Waals surface area (Å²) in [7, 11) is 0. The van der Waals surface area contributed by atoms with Gasteiger partial charge in [-0.2, -0.15) is 0 Å². The molecule has 1 aromatic heterocycles. The summed E-state index contributed by atoms with van der Waals surface area (Å²) in [5.41, 5.74) is 6.59. The Hall–Kier alpha value is -1.83. The van der Waals surface area contributed by atoms with E-state index in [-0.39, 0.29) is 11.8 Å². The van der Waals surface area contributed by atoms with Gasteiger partial charge < -0.3 is 16.4 Å². The van der Waals surface area contributed by atoms with Crippen LogP contribution in [0, 0.1) is 0 Å². The summed E-state index contributed by atoms with van der Waals surface area (Å²) in [6.07, 6.45) is 0. The molecule has 0 aliphatic carbocycles. The molecule has 0 fully saturated rings. The number of anilines is 1. The first-order chi connectivity index (χ1) is 11.3. The van der Waals surface area contributed by atoms with Crippen LogP contribution in [0.1, 0.15) is 24.2 Å². The zero-order valence-corrected chi connectivity index (χ0v) is 15.3. The van der Waals surface area contributed by atoms with Crippen molar-refractivity contribution in [2.45, 2.75) is 23.6 Å². The highest BCUT2D eigenvalue weighted by atomic mass is 32.2. The number of hydrogen-bond donors (Lipinski definition) is 3. The molecule has 0 unspecified atom stereocenters. The molecule has 0 spiro atoms. The predicted molar refractivity (Wildman–Crippen MR) is 101 cm³/mol. The van der Waals surface area contributed by atoms with Crippen molar-refractivity contribution in [1.29, 1.82) is 0 Å². The Morgan fingerprint density at radius 3 is 2.50 bits per heavy atom. The van der Waals surface area contributed by atoms with Crippen molar-refractivity contribution in [1.82, 2.24) is 5.32 Å². The molecular weight excluding hydrogens is 342 g/mol. The van der Waals surface area contributed by atoms with Gasteiger partial charge in [-0.1, -0.05) is 6.07 Å². The number of nitrogens with one attached hydrogen (secondary N) is 2. The number of hydrogen-bond acceptors (Lipinski definition) is 5. The van der Waals surface area contributed by atoms with Crippen molar-refractivity contribution in [3.8, 4) is 0 Å². The normalized spacial score (nSPS) is 11.1. The second kappa shape index (κ2) is 8.32. The molecule has 0 aliphatic rings. The van der Waals surface area contributed by atoms with E-state index in [1.807, 2.05) is 31.4 Å². The third-order valence-corrected chi connectivity index (χ3v) is 5.11. The second-order valence-electron chi connectivity index (χ2n) is 6.02. The molecule has 7 heteroatoms. The summed E-state index contributed by atoms with van der Waals surface area (Å²) < 4.78 is 1.11. The molecule has 2 amide bonds. The highest BCUT2D eigenvalue weighted by Crippen LogP contribution is 2.23. The molecule has 1 aromatic carbocycles. The van der Waals surface area contributed by atoms with E-state index in [4.69, 9.17) is 5.73 Å². The first kappa shape index (κ1) is 18.5. The second-order valence-corrected chi connectivity index (χ2v) is 8.24. The summed E-state index contributed by atoms with van der Waals surface area (Å²) >= 11 is 3.11. The van der Waals surface area contributed by atoms with Gasteiger partial charge in [0.25, 0.3) is 5.91 Å². The number of rotatable bonds is 7. The van der Waals surface area contributed by atoms with Gasteiger partial charge in [-0.25, -0.2) is 0 Å². The number of benzene rings is 1. The molecule has 0 saturated heterocycles. The van der Waals surface area contributed by atoms with Gasteiger partial charge in [-0.05, 0) is 49.6 Å². The van der Waals surface area contributed by atoms with Crippen LogP contribution in [0.25, 0.3) is 0 Å². The van der Waals surface area contributed by atoms with Crippen LogP contribution in [0.3, 0.4) is 0 Å². The Morgan fingerprint density at radius 2 is 1.92 bits per heavy atom. The summed E-state index contributed by atoms with van der Waals surface area (Å²) in [6.45, 7) is 4.09. The van der Waals surface area contributed by atoms with Gasteiger partial charge in [0.2, 0.25) is 5.91 Å². The maximum Gasteiger partial charge on any atom is 0.251 e.